The fourth-order valence-electron chi connectivity index (χ4n) is 0. The normalized spacial score (nSPS) is 1.00. The standard InChI is InChI=1S/Cd.Co.Fe.Mn.O.Zn. The predicted molar refractivity (Wildman–Crippen MR) is 0.686 cm³/mol. The first kappa shape index (κ1) is 36.6. The summed E-state index contributed by atoms with van der Waals surface area (Å²) in [6.07, 6.45) is 0. The molecule has 0 spiro atoms. The molecule has 0 N–H and O–H groups in total. The Bertz CT molecular complexity index is 15.5. The first-order valence-electron chi connectivity index (χ1n) is 0.289. The molecule has 0 atom stereocenters. The molecule has 2 radical (unpaired) electrons. The van der Waals surface area contributed by atoms with E-state index in [-0.39, 0.29) is 96.2 Å². The van der Waals surface area contributed by atoms with Crippen LogP contribution >= 0.6 is 0 Å². The number of rotatable bonds is 0. The topological polar surface area (TPSA) is 17.1 Å². The first-order valence-corrected chi connectivity index (χ1v) is 1.94. The van der Waals surface area contributed by atoms with Crippen molar-refractivity contribution in [1.82, 2.24) is 0 Å². The number of hydrogen-bond donors (Lipinski definition) is 0. The summed E-state index contributed by atoms with van der Waals surface area (Å²) in [5, 5.41) is 0. The second-order valence-corrected chi connectivity index (χ2v) is 0. The van der Waals surface area contributed by atoms with Crippen LogP contribution < -0.4 is 0 Å². The summed E-state index contributed by atoms with van der Waals surface area (Å²) in [4.78, 5) is 0. The van der Waals surface area contributed by atoms with Crippen molar-refractivity contribution in [3.63, 3.8) is 0 Å². The van der Waals surface area contributed by atoms with Crippen LogP contribution in [0.4, 0.5) is 0 Å². The van der Waals surface area contributed by atoms with Crippen molar-refractivity contribution in [2.45, 2.75) is 0 Å². The van der Waals surface area contributed by atoms with Gasteiger partial charge < -0.3 is 0 Å². The molecule has 0 fully saturated rings. The Morgan fingerprint density at radius 3 is 1.17 bits per heavy atom. The summed E-state index contributed by atoms with van der Waals surface area (Å²) >= 11 is -0.1000. The molecule has 0 rings (SSSR count). The third kappa shape index (κ3) is 28.6. The van der Waals surface area contributed by atoms with E-state index in [4.69, 9.17) is 2.69 Å². The second kappa shape index (κ2) is 44.8. The van der Waals surface area contributed by atoms with Gasteiger partial charge in [-0.1, -0.05) is 0 Å². The van der Waals surface area contributed by atoms with E-state index in [0.717, 1.165) is 0 Å². The van der Waals surface area contributed by atoms with Gasteiger partial charge in [-0.2, -0.15) is 0 Å². The van der Waals surface area contributed by atoms with Crippen LogP contribution in [0.15, 0.2) is 0 Å². The van der Waals surface area contributed by atoms with E-state index >= 15 is 0 Å². The maximum absolute atomic E-state index is 8.42. The Hall–Kier alpha value is 2.89. The summed E-state index contributed by atoms with van der Waals surface area (Å²) in [5.74, 6) is 0. The minimum atomic E-state index is -0.1000. The van der Waals surface area contributed by atoms with Gasteiger partial charge in [-0.25, -0.2) is 0 Å². The van der Waals surface area contributed by atoms with Gasteiger partial charge in [0.2, 0.25) is 0 Å². The molecule has 6 heavy (non-hydrogen) atoms. The van der Waals surface area contributed by atoms with Gasteiger partial charge in [-0.05, 0) is 0 Å². The molecular formula is CdCoFeMnOZn. The Balaban J connectivity index is -0.000000000833. The zero-order valence-electron chi connectivity index (χ0n) is 2.89. The van der Waals surface area contributed by atoms with Crippen LogP contribution in [0.25, 0.3) is 0 Å². The number of hydrogen-bond acceptors (Lipinski definition) is 1. The minimum absolute atomic E-state index is 0. The van der Waals surface area contributed by atoms with Crippen LogP contribution in [0.1, 0.15) is 0 Å². The van der Waals surface area contributed by atoms with Gasteiger partial charge in [0.15, 0.2) is 0 Å². The smallest absolute Gasteiger partial charge is 0 e. The summed E-state index contributed by atoms with van der Waals surface area (Å²) in [6.45, 7) is 0. The fourth-order valence-corrected chi connectivity index (χ4v) is 0. The molecule has 0 aromatic carbocycles. The molecule has 0 amide bonds. The molecule has 6 heteroatoms. The summed E-state index contributed by atoms with van der Waals surface area (Å²) in [5.41, 5.74) is 0. The van der Waals surface area contributed by atoms with Crippen molar-refractivity contribution in [2.75, 3.05) is 0 Å². The molecule has 0 aliphatic heterocycles. The van der Waals surface area contributed by atoms with Gasteiger partial charge >= 0.3 is 28.5 Å². The van der Waals surface area contributed by atoms with E-state index in [9.17, 15) is 0 Å². The fraction of sp³-hybridized carbons (Fsp3) is 0. The predicted octanol–water partition coefficient (Wildman–Crippen LogP) is -0.131. The summed E-state index contributed by atoms with van der Waals surface area (Å²) in [7, 11) is 0. The van der Waals surface area contributed by atoms with Gasteiger partial charge in [-0.15, -0.1) is 0 Å². The van der Waals surface area contributed by atoms with Crippen molar-refractivity contribution in [3.8, 4) is 0 Å². The monoisotopic (exact) mass is 364 g/mol. The largest absolute Gasteiger partial charge is 0 e. The summed E-state index contributed by atoms with van der Waals surface area (Å²) < 4.78 is 8.42. The maximum Gasteiger partial charge on any atom is 0 e. The third-order valence-electron chi connectivity index (χ3n) is 0. The van der Waals surface area contributed by atoms with Gasteiger partial charge in [0.25, 0.3) is 0 Å². The quantitative estimate of drug-likeness (QED) is 0.548. The van der Waals surface area contributed by atoms with Crippen LogP contribution in [0.3, 0.4) is 0 Å². The molecule has 0 aliphatic carbocycles. The minimum Gasteiger partial charge on any atom is 0 e. The van der Waals surface area contributed by atoms with Gasteiger partial charge in [0, 0.05) is 70.4 Å². The van der Waals surface area contributed by atoms with E-state index in [1.807, 2.05) is 0 Å². The van der Waals surface area contributed by atoms with E-state index in [2.05, 4.69) is 0 Å². The third-order valence-corrected chi connectivity index (χ3v) is 0. The van der Waals surface area contributed by atoms with E-state index in [1.54, 1.807) is 0 Å². The Morgan fingerprint density at radius 1 is 1.17 bits per heavy atom. The Labute approximate surface area is 97.2 Å². The molecule has 0 aromatic rings. The van der Waals surface area contributed by atoms with E-state index in [1.165, 1.54) is 0 Å². The van der Waals surface area contributed by atoms with E-state index < -0.39 is 0 Å². The molecule has 1 nitrogen and oxygen atoms in total. The van der Waals surface area contributed by atoms with Crippen molar-refractivity contribution < 1.29 is 98.9 Å². The first-order chi connectivity index (χ1) is 1.00. The van der Waals surface area contributed by atoms with Gasteiger partial charge in [0.05, 0.1) is 0 Å². The second-order valence-electron chi connectivity index (χ2n) is 0. The van der Waals surface area contributed by atoms with Gasteiger partial charge in [0.1, 0.15) is 0 Å². The maximum atomic E-state index is 8.42. The van der Waals surface area contributed by atoms with Crippen LogP contribution in [0, 0.1) is 0 Å². The Kier molecular flexibility index (Phi) is 273. The van der Waals surface area contributed by atoms with Crippen molar-refractivity contribution in [2.24, 2.45) is 0 Å². The van der Waals surface area contributed by atoms with Crippen molar-refractivity contribution in [1.29, 1.82) is 0 Å². The van der Waals surface area contributed by atoms with Gasteiger partial charge in [-0.3, -0.25) is 0 Å². The van der Waals surface area contributed by atoms with Crippen molar-refractivity contribution >= 4 is 0 Å². The summed E-state index contributed by atoms with van der Waals surface area (Å²) in [6, 6.07) is 0. The average Bonchev–Trinajstić information content (AvgIpc) is 1.00. The molecule has 0 aromatic heterocycles. The van der Waals surface area contributed by atoms with Crippen LogP contribution in [0.2, 0.25) is 0 Å². The molecule has 0 aliphatic rings. The molecule has 0 heterocycles. The van der Waals surface area contributed by atoms with Crippen molar-refractivity contribution in [3.05, 3.63) is 0 Å². The average molecular weight is 364 g/mol. The molecular weight excluding hydrogens is 364 g/mol. The van der Waals surface area contributed by atoms with Crippen LogP contribution in [0.5, 0.6) is 0 Å². The Morgan fingerprint density at radius 2 is 1.17 bits per heavy atom. The molecule has 0 bridgehead atoms. The molecule has 0 saturated heterocycles. The van der Waals surface area contributed by atoms with E-state index in [0.29, 0.717) is 0 Å². The molecule has 34 valence electrons. The van der Waals surface area contributed by atoms with Crippen LogP contribution in [-0.2, 0) is 98.9 Å². The molecule has 0 saturated carbocycles. The molecule has 0 unspecified atom stereocenters. The van der Waals surface area contributed by atoms with Crippen LogP contribution in [-0.4, -0.2) is 0 Å². The zero-order chi connectivity index (χ0) is 2.00. The zero-order valence-corrected chi connectivity index (χ0v) is 13.2. The SMILES string of the molecule is [Co].[Fe].[Mn].[O]=[Cd].[Zn].